The molecular formula is C21H22F3N3O4S. The molecule has 0 saturated carbocycles. The van der Waals surface area contributed by atoms with Gasteiger partial charge in [-0.3, -0.25) is 4.79 Å². The monoisotopic (exact) mass is 469 g/mol. The predicted octanol–water partition coefficient (Wildman–Crippen LogP) is 4.09. The molecule has 172 valence electrons. The van der Waals surface area contributed by atoms with E-state index in [9.17, 15) is 31.6 Å². The van der Waals surface area contributed by atoms with Crippen LogP contribution in [0.2, 0.25) is 0 Å². The first kappa shape index (κ1) is 25.2. The second-order valence-corrected chi connectivity index (χ2v) is 8.66. The molecule has 0 radical (unpaired) electrons. The molecule has 0 atom stereocenters. The predicted molar refractivity (Wildman–Crippen MR) is 112 cm³/mol. The quantitative estimate of drug-likeness (QED) is 0.628. The highest BCUT2D eigenvalue weighted by Gasteiger charge is 2.29. The van der Waals surface area contributed by atoms with E-state index in [0.717, 1.165) is 6.07 Å². The van der Waals surface area contributed by atoms with Crippen molar-refractivity contribution in [3.05, 3.63) is 53.1 Å². The Balaban J connectivity index is 2.29. The van der Waals surface area contributed by atoms with E-state index in [0.29, 0.717) is 5.56 Å². The Kier molecular flexibility index (Phi) is 7.87. The molecule has 2 aromatic rings. The number of benzene rings is 2. The summed E-state index contributed by atoms with van der Waals surface area (Å²) in [5, 5.41) is 11.7. The number of aryl methyl sites for hydroxylation is 1. The van der Waals surface area contributed by atoms with Crippen LogP contribution in [0.15, 0.2) is 41.3 Å². The first-order valence-electron chi connectivity index (χ1n) is 9.58. The normalized spacial score (nSPS) is 11.8. The van der Waals surface area contributed by atoms with Gasteiger partial charge in [0.15, 0.2) is 6.61 Å². The molecule has 0 saturated heterocycles. The van der Waals surface area contributed by atoms with Crippen LogP contribution in [0.25, 0.3) is 0 Å². The highest BCUT2D eigenvalue weighted by atomic mass is 32.2. The number of amides is 1. The first-order valence-corrected chi connectivity index (χ1v) is 11.0. The highest BCUT2D eigenvalue weighted by molar-refractivity contribution is 7.89. The van der Waals surface area contributed by atoms with Gasteiger partial charge in [0.2, 0.25) is 10.0 Å². The van der Waals surface area contributed by atoms with Crippen LogP contribution < -0.4 is 10.1 Å². The Hall–Kier alpha value is -3.10. The summed E-state index contributed by atoms with van der Waals surface area (Å²) in [6.45, 7) is 4.03. The Morgan fingerprint density at radius 2 is 1.81 bits per heavy atom. The fourth-order valence-corrected chi connectivity index (χ4v) is 4.61. The number of rotatable bonds is 8. The van der Waals surface area contributed by atoms with Crippen LogP contribution in [0, 0.1) is 18.3 Å². The van der Waals surface area contributed by atoms with Crippen LogP contribution in [0.5, 0.6) is 5.75 Å². The zero-order valence-corrected chi connectivity index (χ0v) is 18.5. The number of nitrogens with zero attached hydrogens (tertiary/aromatic N) is 2. The summed E-state index contributed by atoms with van der Waals surface area (Å²) < 4.78 is 68.7. The van der Waals surface area contributed by atoms with Crippen molar-refractivity contribution >= 4 is 21.6 Å². The molecule has 7 nitrogen and oxygen atoms in total. The fourth-order valence-electron chi connectivity index (χ4n) is 2.91. The Morgan fingerprint density at radius 1 is 1.16 bits per heavy atom. The molecule has 0 bridgehead atoms. The van der Waals surface area contributed by atoms with E-state index in [-0.39, 0.29) is 40.5 Å². The number of sulfonamides is 1. The van der Waals surface area contributed by atoms with Crippen molar-refractivity contribution in [2.75, 3.05) is 25.0 Å². The van der Waals surface area contributed by atoms with Gasteiger partial charge >= 0.3 is 6.18 Å². The maximum absolute atomic E-state index is 12.9. The molecule has 0 aliphatic rings. The third-order valence-electron chi connectivity index (χ3n) is 4.52. The number of nitriles is 1. The third kappa shape index (κ3) is 5.99. The molecule has 0 unspecified atom stereocenters. The van der Waals surface area contributed by atoms with E-state index < -0.39 is 28.7 Å². The summed E-state index contributed by atoms with van der Waals surface area (Å²) in [7, 11) is -3.79. The van der Waals surface area contributed by atoms with Gasteiger partial charge in [-0.15, -0.1) is 0 Å². The van der Waals surface area contributed by atoms with E-state index in [1.54, 1.807) is 26.8 Å². The minimum atomic E-state index is -4.56. The summed E-state index contributed by atoms with van der Waals surface area (Å²) in [4.78, 5) is 12.7. The number of nitrogens with one attached hydrogen (secondary N) is 1. The lowest BCUT2D eigenvalue weighted by atomic mass is 10.1. The Labute approximate surface area is 184 Å². The smallest absolute Gasteiger partial charge is 0.422 e. The molecule has 2 aromatic carbocycles. The molecule has 0 fully saturated rings. The molecule has 1 amide bonds. The number of ether oxygens (including phenoxy) is 1. The minimum absolute atomic E-state index is 0.00228. The molecule has 0 aliphatic carbocycles. The zero-order chi connectivity index (χ0) is 24.1. The van der Waals surface area contributed by atoms with Crippen LogP contribution in [-0.2, 0) is 10.0 Å². The van der Waals surface area contributed by atoms with Crippen molar-refractivity contribution in [1.82, 2.24) is 4.31 Å². The van der Waals surface area contributed by atoms with Gasteiger partial charge < -0.3 is 10.1 Å². The van der Waals surface area contributed by atoms with Crippen molar-refractivity contribution in [3.63, 3.8) is 0 Å². The maximum Gasteiger partial charge on any atom is 0.422 e. The number of hydrogen-bond acceptors (Lipinski definition) is 5. The third-order valence-corrected chi connectivity index (χ3v) is 6.71. The number of hydrogen-bond donors (Lipinski definition) is 1. The lowest BCUT2D eigenvalue weighted by Crippen LogP contribution is -2.31. The van der Waals surface area contributed by atoms with Crippen LogP contribution in [0.3, 0.4) is 0 Å². The number of carbonyl (C=O) groups excluding carboxylic acids is 1. The van der Waals surface area contributed by atoms with Crippen molar-refractivity contribution < 1.29 is 31.1 Å². The van der Waals surface area contributed by atoms with E-state index >= 15 is 0 Å². The molecular weight excluding hydrogens is 447 g/mol. The standard InChI is InChI=1S/C21H22F3N3O4S/c1-4-27(5-2)32(29,30)19-11-15(7-6-14(19)3)20(28)26-17-8-9-18(16(10-17)12-25)31-13-21(22,23)24/h6-11H,4-5,13H2,1-3H3,(H,26,28). The van der Waals surface area contributed by atoms with Crippen LogP contribution >= 0.6 is 0 Å². The molecule has 0 aliphatic heterocycles. The molecule has 1 N–H and O–H groups in total. The number of alkyl halides is 3. The van der Waals surface area contributed by atoms with Crippen LogP contribution in [0.1, 0.15) is 35.3 Å². The van der Waals surface area contributed by atoms with Gasteiger partial charge in [-0.25, -0.2) is 8.42 Å². The lowest BCUT2D eigenvalue weighted by molar-refractivity contribution is -0.153. The van der Waals surface area contributed by atoms with Gasteiger partial charge in [0.05, 0.1) is 10.5 Å². The largest absolute Gasteiger partial charge is 0.483 e. The van der Waals surface area contributed by atoms with Crippen LogP contribution in [-0.4, -0.2) is 44.5 Å². The number of halogens is 3. The van der Waals surface area contributed by atoms with Crippen molar-refractivity contribution in [1.29, 1.82) is 5.26 Å². The van der Waals surface area contributed by atoms with Gasteiger partial charge in [0.25, 0.3) is 5.91 Å². The van der Waals surface area contributed by atoms with Gasteiger partial charge in [-0.05, 0) is 42.8 Å². The van der Waals surface area contributed by atoms with E-state index in [4.69, 9.17) is 0 Å². The molecule has 0 aromatic heterocycles. The molecule has 0 heterocycles. The minimum Gasteiger partial charge on any atom is -0.483 e. The fraction of sp³-hybridized carbons (Fsp3) is 0.333. The topological polar surface area (TPSA) is 99.5 Å². The average Bonchev–Trinajstić information content (AvgIpc) is 2.72. The summed E-state index contributed by atoms with van der Waals surface area (Å²) in [5.74, 6) is -0.917. The summed E-state index contributed by atoms with van der Waals surface area (Å²) in [6, 6.07) is 9.56. The molecule has 32 heavy (non-hydrogen) atoms. The van der Waals surface area contributed by atoms with Crippen molar-refractivity contribution in [3.8, 4) is 11.8 Å². The Bertz CT molecular complexity index is 1140. The maximum atomic E-state index is 12.9. The van der Waals surface area contributed by atoms with E-state index in [1.807, 2.05) is 0 Å². The summed E-state index contributed by atoms with van der Waals surface area (Å²) >= 11 is 0. The first-order chi connectivity index (χ1) is 14.9. The summed E-state index contributed by atoms with van der Waals surface area (Å²) in [5.41, 5.74) is 0.490. The van der Waals surface area contributed by atoms with Gasteiger partial charge in [0, 0.05) is 24.3 Å². The van der Waals surface area contributed by atoms with Crippen molar-refractivity contribution in [2.24, 2.45) is 0 Å². The molecule has 0 spiro atoms. The average molecular weight is 469 g/mol. The van der Waals surface area contributed by atoms with Gasteiger partial charge in [-0.1, -0.05) is 19.9 Å². The lowest BCUT2D eigenvalue weighted by Gasteiger charge is -2.20. The van der Waals surface area contributed by atoms with Gasteiger partial charge in [0.1, 0.15) is 11.8 Å². The van der Waals surface area contributed by atoms with Gasteiger partial charge in [-0.2, -0.15) is 22.7 Å². The highest BCUT2D eigenvalue weighted by Crippen LogP contribution is 2.26. The number of carbonyl (C=O) groups is 1. The van der Waals surface area contributed by atoms with E-state index in [2.05, 4.69) is 10.1 Å². The number of anilines is 1. The van der Waals surface area contributed by atoms with Crippen molar-refractivity contribution in [2.45, 2.75) is 31.8 Å². The Morgan fingerprint density at radius 3 is 2.38 bits per heavy atom. The second kappa shape index (κ2) is 10.0. The SMILES string of the molecule is CCN(CC)S(=O)(=O)c1cc(C(=O)Nc2ccc(OCC(F)(F)F)c(C#N)c2)ccc1C. The van der Waals surface area contributed by atoms with E-state index in [1.165, 1.54) is 34.6 Å². The summed E-state index contributed by atoms with van der Waals surface area (Å²) in [6.07, 6.45) is -4.56. The zero-order valence-electron chi connectivity index (χ0n) is 17.7. The molecule has 11 heteroatoms. The van der Waals surface area contributed by atoms with Crippen LogP contribution in [0.4, 0.5) is 18.9 Å². The molecule has 2 rings (SSSR count). The second-order valence-electron chi connectivity index (χ2n) is 6.75.